The molecule has 3 aromatic rings. The third-order valence-corrected chi connectivity index (χ3v) is 5.81. The van der Waals surface area contributed by atoms with Crippen LogP contribution >= 0.6 is 27.3 Å². The highest BCUT2D eigenvalue weighted by molar-refractivity contribution is 9.10. The molecule has 0 saturated carbocycles. The van der Waals surface area contributed by atoms with Gasteiger partial charge in [0.15, 0.2) is 0 Å². The van der Waals surface area contributed by atoms with Crippen molar-refractivity contribution in [2.24, 2.45) is 0 Å². The van der Waals surface area contributed by atoms with Crippen LogP contribution in [0.4, 0.5) is 11.4 Å². The molecule has 4 rings (SSSR count). The molecule has 1 aliphatic heterocycles. The van der Waals surface area contributed by atoms with E-state index in [0.717, 1.165) is 39.6 Å². The number of hydrogen-bond acceptors (Lipinski definition) is 3. The fourth-order valence-electron chi connectivity index (χ4n) is 3.26. The maximum Gasteiger partial charge on any atom is 0.211 e. The van der Waals surface area contributed by atoms with Gasteiger partial charge in [-0.1, -0.05) is 33.6 Å². The second kappa shape index (κ2) is 5.77. The van der Waals surface area contributed by atoms with Crippen LogP contribution in [-0.4, -0.2) is 6.54 Å². The summed E-state index contributed by atoms with van der Waals surface area (Å²) in [4.78, 5) is 15.2. The van der Waals surface area contributed by atoms with E-state index >= 15 is 0 Å². The first-order valence-corrected chi connectivity index (χ1v) is 9.39. The number of rotatable bonds is 1. The van der Waals surface area contributed by atoms with E-state index in [-0.39, 0.29) is 5.43 Å². The summed E-state index contributed by atoms with van der Waals surface area (Å²) in [6.45, 7) is 3.02. The van der Waals surface area contributed by atoms with Gasteiger partial charge in [0.1, 0.15) is 0 Å². The Labute approximate surface area is 147 Å². The average molecular weight is 386 g/mol. The van der Waals surface area contributed by atoms with Gasteiger partial charge in [0, 0.05) is 32.2 Å². The van der Waals surface area contributed by atoms with Crippen molar-refractivity contribution < 1.29 is 0 Å². The quantitative estimate of drug-likeness (QED) is 0.557. The van der Waals surface area contributed by atoms with E-state index in [9.17, 15) is 4.79 Å². The minimum absolute atomic E-state index is 0.119. The van der Waals surface area contributed by atoms with Gasteiger partial charge in [-0.05, 0) is 49.6 Å². The largest absolute Gasteiger partial charge is 0.337 e. The van der Waals surface area contributed by atoms with Gasteiger partial charge in [-0.15, -0.1) is 11.3 Å². The summed E-state index contributed by atoms with van der Waals surface area (Å²) in [7, 11) is 0. The third-order valence-electron chi connectivity index (χ3n) is 4.36. The van der Waals surface area contributed by atoms with Gasteiger partial charge in [0.2, 0.25) is 5.43 Å². The van der Waals surface area contributed by atoms with Gasteiger partial charge >= 0.3 is 0 Å². The Morgan fingerprint density at radius 3 is 2.87 bits per heavy atom. The molecule has 0 unspecified atom stereocenters. The predicted octanol–water partition coefficient (Wildman–Crippen LogP) is 5.42. The maximum absolute atomic E-state index is 13.0. The minimum atomic E-state index is 0.119. The van der Waals surface area contributed by atoms with E-state index < -0.39 is 0 Å². The Morgan fingerprint density at radius 1 is 1.13 bits per heavy atom. The summed E-state index contributed by atoms with van der Waals surface area (Å²) in [5, 5.41) is 2.80. The molecule has 2 aromatic carbocycles. The Kier molecular flexibility index (Phi) is 3.74. The van der Waals surface area contributed by atoms with Gasteiger partial charge in [0.25, 0.3) is 0 Å². The smallest absolute Gasteiger partial charge is 0.211 e. The number of nitrogens with zero attached hydrogens (tertiary/aromatic N) is 1. The zero-order chi connectivity index (χ0) is 16.0. The molecule has 2 nitrogen and oxygen atoms in total. The van der Waals surface area contributed by atoms with Crippen LogP contribution in [0.1, 0.15) is 17.5 Å². The van der Waals surface area contributed by atoms with E-state index in [2.05, 4.69) is 46.0 Å². The van der Waals surface area contributed by atoms with Gasteiger partial charge in [-0.25, -0.2) is 0 Å². The summed E-state index contributed by atoms with van der Waals surface area (Å²) < 4.78 is 1.98. The maximum atomic E-state index is 13.0. The Bertz CT molecular complexity index is 963. The van der Waals surface area contributed by atoms with E-state index in [0.29, 0.717) is 0 Å². The first-order valence-electron chi connectivity index (χ1n) is 7.71. The van der Waals surface area contributed by atoms with Crippen LogP contribution < -0.4 is 10.3 Å². The molecule has 0 aliphatic carbocycles. The summed E-state index contributed by atoms with van der Waals surface area (Å²) >= 11 is 5.11. The van der Waals surface area contributed by atoms with Crippen molar-refractivity contribution in [3.05, 3.63) is 67.6 Å². The van der Waals surface area contributed by atoms with Crippen LogP contribution in [0.25, 0.3) is 10.1 Å². The molecule has 1 aromatic heterocycles. The molecule has 0 N–H and O–H groups in total. The number of fused-ring (bicyclic) bond motifs is 2. The van der Waals surface area contributed by atoms with Crippen LogP contribution in [0.5, 0.6) is 0 Å². The standard InChI is InChI=1S/C19H16BrNOS/c1-12-4-6-16-13(9-12)3-2-8-21(16)17-11-23-18-7-5-14(20)10-15(18)19(17)22/h4-7,9-11H,2-3,8H2,1H3. The highest BCUT2D eigenvalue weighted by Crippen LogP contribution is 2.34. The lowest BCUT2D eigenvalue weighted by atomic mass is 9.99. The van der Waals surface area contributed by atoms with E-state index in [1.807, 2.05) is 23.6 Å². The molecule has 0 radical (unpaired) electrons. The molecule has 1 aliphatic rings. The average Bonchev–Trinajstić information content (AvgIpc) is 2.55. The molecule has 0 bridgehead atoms. The number of hydrogen-bond donors (Lipinski definition) is 0. The Hall–Kier alpha value is -1.65. The number of aryl methyl sites for hydroxylation is 2. The second-order valence-electron chi connectivity index (χ2n) is 5.98. The Balaban J connectivity index is 1.91. The molecule has 2 heterocycles. The lowest BCUT2D eigenvalue weighted by Gasteiger charge is -2.31. The highest BCUT2D eigenvalue weighted by atomic mass is 79.9. The van der Waals surface area contributed by atoms with Crippen molar-refractivity contribution in [2.75, 3.05) is 11.4 Å². The molecule has 0 spiro atoms. The van der Waals surface area contributed by atoms with Crippen molar-refractivity contribution >= 4 is 48.7 Å². The highest BCUT2D eigenvalue weighted by Gasteiger charge is 2.21. The number of halogens is 1. The zero-order valence-electron chi connectivity index (χ0n) is 12.8. The molecule has 0 saturated heterocycles. The minimum Gasteiger partial charge on any atom is -0.337 e. The van der Waals surface area contributed by atoms with Crippen LogP contribution in [-0.2, 0) is 6.42 Å². The lowest BCUT2D eigenvalue weighted by Crippen LogP contribution is -2.28. The van der Waals surface area contributed by atoms with Crippen LogP contribution in [0.15, 0.2) is 51.0 Å². The fraction of sp³-hybridized carbons (Fsp3) is 0.211. The van der Waals surface area contributed by atoms with Crippen LogP contribution in [0.2, 0.25) is 0 Å². The molecule has 4 heteroatoms. The van der Waals surface area contributed by atoms with E-state index in [4.69, 9.17) is 0 Å². The van der Waals surface area contributed by atoms with Crippen molar-refractivity contribution in [3.63, 3.8) is 0 Å². The first-order chi connectivity index (χ1) is 11.1. The monoisotopic (exact) mass is 385 g/mol. The molecule has 0 atom stereocenters. The summed E-state index contributed by atoms with van der Waals surface area (Å²) in [5.41, 5.74) is 4.72. The van der Waals surface area contributed by atoms with Crippen molar-refractivity contribution in [1.82, 2.24) is 0 Å². The summed E-state index contributed by atoms with van der Waals surface area (Å²) in [5.74, 6) is 0. The summed E-state index contributed by atoms with van der Waals surface area (Å²) in [6.07, 6.45) is 2.17. The third kappa shape index (κ3) is 2.60. The topological polar surface area (TPSA) is 20.3 Å². The van der Waals surface area contributed by atoms with E-state index in [1.165, 1.54) is 16.8 Å². The molecule has 23 heavy (non-hydrogen) atoms. The number of benzene rings is 2. The van der Waals surface area contributed by atoms with Crippen molar-refractivity contribution in [3.8, 4) is 0 Å². The van der Waals surface area contributed by atoms with Gasteiger partial charge in [0.05, 0.1) is 5.69 Å². The molecule has 0 amide bonds. The van der Waals surface area contributed by atoms with Crippen LogP contribution in [0.3, 0.4) is 0 Å². The molecular formula is C19H16BrNOS. The zero-order valence-corrected chi connectivity index (χ0v) is 15.2. The van der Waals surface area contributed by atoms with E-state index in [1.54, 1.807) is 11.3 Å². The van der Waals surface area contributed by atoms with Crippen molar-refractivity contribution in [2.45, 2.75) is 19.8 Å². The normalized spacial score (nSPS) is 14.1. The lowest BCUT2D eigenvalue weighted by molar-refractivity contribution is 0.765. The Morgan fingerprint density at radius 2 is 2.00 bits per heavy atom. The van der Waals surface area contributed by atoms with Crippen LogP contribution in [0, 0.1) is 6.92 Å². The first kappa shape index (κ1) is 14.9. The van der Waals surface area contributed by atoms with Gasteiger partial charge < -0.3 is 4.90 Å². The molecule has 0 fully saturated rings. The molecular weight excluding hydrogens is 370 g/mol. The van der Waals surface area contributed by atoms with Gasteiger partial charge in [-0.3, -0.25) is 4.79 Å². The fourth-order valence-corrected chi connectivity index (χ4v) is 4.51. The number of anilines is 2. The van der Waals surface area contributed by atoms with Gasteiger partial charge in [-0.2, -0.15) is 0 Å². The second-order valence-corrected chi connectivity index (χ2v) is 7.80. The molecule has 116 valence electrons. The van der Waals surface area contributed by atoms with Crippen molar-refractivity contribution in [1.29, 1.82) is 0 Å². The SMILES string of the molecule is Cc1ccc2c(c1)CCCN2c1csc2ccc(Br)cc2c1=O. The predicted molar refractivity (Wildman–Crippen MR) is 102 cm³/mol. The summed E-state index contributed by atoms with van der Waals surface area (Å²) in [6, 6.07) is 12.4.